The summed E-state index contributed by atoms with van der Waals surface area (Å²) in [7, 11) is 5.99. The number of rotatable bonds is 7. The number of benzene rings is 1. The van der Waals surface area contributed by atoms with Crippen LogP contribution in [-0.2, 0) is 17.9 Å². The van der Waals surface area contributed by atoms with Crippen LogP contribution in [-0.4, -0.2) is 81.9 Å². The zero-order valence-corrected chi connectivity index (χ0v) is 19.5. The lowest BCUT2D eigenvalue weighted by Gasteiger charge is -2.37. The van der Waals surface area contributed by atoms with Crippen LogP contribution in [0.25, 0.3) is 0 Å². The first-order valence-electron chi connectivity index (χ1n) is 9.32. The zero-order chi connectivity index (χ0) is 20.6. The van der Waals surface area contributed by atoms with Crippen molar-refractivity contribution in [2.24, 2.45) is 4.99 Å². The van der Waals surface area contributed by atoms with Crippen LogP contribution in [0.1, 0.15) is 11.1 Å². The molecule has 2 N–H and O–H groups in total. The third kappa shape index (κ3) is 9.96. The van der Waals surface area contributed by atoms with E-state index < -0.39 is 12.8 Å². The molecule has 0 amide bonds. The van der Waals surface area contributed by atoms with Crippen LogP contribution in [0, 0.1) is 0 Å². The van der Waals surface area contributed by atoms with Gasteiger partial charge in [-0.25, -0.2) is 0 Å². The molecule has 1 heterocycles. The van der Waals surface area contributed by atoms with Crippen molar-refractivity contribution in [2.45, 2.75) is 25.4 Å². The fourth-order valence-corrected chi connectivity index (χ4v) is 2.98. The fourth-order valence-electron chi connectivity index (χ4n) is 2.98. The van der Waals surface area contributed by atoms with Crippen molar-refractivity contribution >= 4 is 29.9 Å². The van der Waals surface area contributed by atoms with Crippen molar-refractivity contribution in [3.8, 4) is 0 Å². The van der Waals surface area contributed by atoms with Crippen molar-refractivity contribution < 1.29 is 17.9 Å². The van der Waals surface area contributed by atoms with Gasteiger partial charge in [0.15, 0.2) is 5.96 Å². The predicted octanol–water partition coefficient (Wildman–Crippen LogP) is 2.29. The molecule has 0 aromatic heterocycles. The van der Waals surface area contributed by atoms with Gasteiger partial charge in [-0.2, -0.15) is 13.2 Å². The summed E-state index contributed by atoms with van der Waals surface area (Å²) in [4.78, 5) is 8.92. The minimum atomic E-state index is -4.30. The Kier molecular flexibility index (Phi) is 11.2. The van der Waals surface area contributed by atoms with Gasteiger partial charge >= 0.3 is 6.18 Å². The second kappa shape index (κ2) is 12.6. The molecule has 0 radical (unpaired) electrons. The number of piperazine rings is 1. The molecule has 0 saturated carbocycles. The Bertz CT molecular complexity index is 627. The third-order valence-electron chi connectivity index (χ3n) is 4.73. The molecule has 0 bridgehead atoms. The first-order chi connectivity index (χ1) is 13.3. The standard InChI is InChI=1S/C19H30F3N5O.HI/c1-23-18(25-11-17-12-26(2)8-9-27(17)3)24-10-15-4-6-16(7-5-15)13-28-14-19(20,21)22;/h4-7,17H,8-14H2,1-3H3,(H2,23,24,25);1H. The summed E-state index contributed by atoms with van der Waals surface area (Å²) in [5, 5.41) is 6.62. The number of likely N-dealkylation sites (N-methyl/N-ethyl adjacent to an activating group) is 2. The van der Waals surface area contributed by atoms with E-state index in [-0.39, 0.29) is 30.6 Å². The van der Waals surface area contributed by atoms with Crippen molar-refractivity contribution in [2.75, 3.05) is 53.9 Å². The highest BCUT2D eigenvalue weighted by molar-refractivity contribution is 14.0. The van der Waals surface area contributed by atoms with E-state index in [1.165, 1.54) is 0 Å². The van der Waals surface area contributed by atoms with Gasteiger partial charge in [0.25, 0.3) is 0 Å². The molecular formula is C19H31F3IN5O. The van der Waals surface area contributed by atoms with E-state index in [4.69, 9.17) is 0 Å². The highest BCUT2D eigenvalue weighted by Crippen LogP contribution is 2.15. The number of alkyl halides is 3. The molecule has 1 unspecified atom stereocenters. The molecule has 1 atom stereocenters. The topological polar surface area (TPSA) is 52.1 Å². The summed E-state index contributed by atoms with van der Waals surface area (Å²) in [5.74, 6) is 0.721. The van der Waals surface area contributed by atoms with Crippen molar-refractivity contribution in [1.29, 1.82) is 0 Å². The number of aliphatic imine (C=N–C) groups is 1. The average Bonchev–Trinajstić information content (AvgIpc) is 2.64. The maximum Gasteiger partial charge on any atom is 0.411 e. The fraction of sp³-hybridized carbons (Fsp3) is 0.632. The van der Waals surface area contributed by atoms with E-state index >= 15 is 0 Å². The second-order valence-corrected chi connectivity index (χ2v) is 7.13. The van der Waals surface area contributed by atoms with Gasteiger partial charge < -0.3 is 20.3 Å². The molecule has 1 aromatic carbocycles. The van der Waals surface area contributed by atoms with Crippen LogP contribution in [0.5, 0.6) is 0 Å². The summed E-state index contributed by atoms with van der Waals surface area (Å²) < 4.78 is 41.0. The number of nitrogens with one attached hydrogen (secondary N) is 2. The summed E-state index contributed by atoms with van der Waals surface area (Å²) in [6.45, 7) is 3.23. The molecule has 1 saturated heterocycles. The van der Waals surface area contributed by atoms with Crippen LogP contribution in [0.2, 0.25) is 0 Å². The van der Waals surface area contributed by atoms with Crippen molar-refractivity contribution in [3.05, 3.63) is 35.4 Å². The van der Waals surface area contributed by atoms with E-state index in [0.717, 1.165) is 37.7 Å². The lowest BCUT2D eigenvalue weighted by Crippen LogP contribution is -2.55. The molecule has 1 aromatic rings. The van der Waals surface area contributed by atoms with Crippen LogP contribution in [0.3, 0.4) is 0 Å². The van der Waals surface area contributed by atoms with E-state index in [1.807, 2.05) is 12.1 Å². The van der Waals surface area contributed by atoms with Gasteiger partial charge in [-0.1, -0.05) is 24.3 Å². The summed E-state index contributed by atoms with van der Waals surface area (Å²) in [6.07, 6.45) is -4.30. The summed E-state index contributed by atoms with van der Waals surface area (Å²) >= 11 is 0. The Labute approximate surface area is 187 Å². The molecule has 1 aliphatic rings. The Hall–Kier alpha value is -1.11. The quantitative estimate of drug-likeness (QED) is 0.323. The lowest BCUT2D eigenvalue weighted by atomic mass is 10.1. The molecule has 10 heteroatoms. The maximum atomic E-state index is 12.1. The first kappa shape index (κ1) is 25.9. The van der Waals surface area contributed by atoms with Gasteiger partial charge in [-0.15, -0.1) is 24.0 Å². The minimum absolute atomic E-state index is 0. The van der Waals surface area contributed by atoms with Gasteiger partial charge in [0.1, 0.15) is 6.61 Å². The monoisotopic (exact) mass is 529 g/mol. The Morgan fingerprint density at radius 1 is 1.14 bits per heavy atom. The van der Waals surface area contributed by atoms with Crippen LogP contribution in [0.4, 0.5) is 13.2 Å². The van der Waals surface area contributed by atoms with E-state index in [1.54, 1.807) is 19.2 Å². The van der Waals surface area contributed by atoms with Gasteiger partial charge in [0, 0.05) is 45.8 Å². The van der Waals surface area contributed by atoms with Gasteiger partial charge in [0.2, 0.25) is 0 Å². The summed E-state index contributed by atoms with van der Waals surface area (Å²) in [6, 6.07) is 7.72. The summed E-state index contributed by atoms with van der Waals surface area (Å²) in [5.41, 5.74) is 1.72. The van der Waals surface area contributed by atoms with E-state index in [2.05, 4.69) is 44.3 Å². The SMILES string of the molecule is CN=C(NCc1ccc(COCC(F)(F)F)cc1)NCC1CN(C)CCN1C.I. The lowest BCUT2D eigenvalue weighted by molar-refractivity contribution is -0.176. The number of guanidine groups is 1. The highest BCUT2D eigenvalue weighted by atomic mass is 127. The van der Waals surface area contributed by atoms with Crippen LogP contribution in [0.15, 0.2) is 29.3 Å². The van der Waals surface area contributed by atoms with Crippen LogP contribution >= 0.6 is 24.0 Å². The second-order valence-electron chi connectivity index (χ2n) is 7.13. The third-order valence-corrected chi connectivity index (χ3v) is 4.73. The number of hydrogen-bond donors (Lipinski definition) is 2. The van der Waals surface area contributed by atoms with Crippen molar-refractivity contribution in [1.82, 2.24) is 20.4 Å². The average molecular weight is 529 g/mol. The largest absolute Gasteiger partial charge is 0.411 e. The Morgan fingerprint density at radius 2 is 1.79 bits per heavy atom. The van der Waals surface area contributed by atoms with E-state index in [0.29, 0.717) is 18.2 Å². The molecule has 0 spiro atoms. The molecule has 1 fully saturated rings. The Morgan fingerprint density at radius 3 is 2.41 bits per heavy atom. The van der Waals surface area contributed by atoms with Crippen molar-refractivity contribution in [3.63, 3.8) is 0 Å². The molecule has 0 aliphatic carbocycles. The molecule has 1 aliphatic heterocycles. The number of halogens is 4. The maximum absolute atomic E-state index is 12.1. The predicted molar refractivity (Wildman–Crippen MR) is 120 cm³/mol. The number of nitrogens with zero attached hydrogens (tertiary/aromatic N) is 3. The van der Waals surface area contributed by atoms with Crippen LogP contribution < -0.4 is 10.6 Å². The molecule has 6 nitrogen and oxygen atoms in total. The Balaban J connectivity index is 0.00000420. The van der Waals surface area contributed by atoms with Gasteiger partial charge in [0.05, 0.1) is 6.61 Å². The molecule has 2 rings (SSSR count). The molecular weight excluding hydrogens is 498 g/mol. The normalized spacial score (nSPS) is 19.0. The van der Waals surface area contributed by atoms with Gasteiger partial charge in [-0.05, 0) is 25.2 Å². The number of hydrogen-bond acceptors (Lipinski definition) is 4. The number of ether oxygens (including phenoxy) is 1. The first-order valence-corrected chi connectivity index (χ1v) is 9.32. The highest BCUT2D eigenvalue weighted by Gasteiger charge is 2.27. The molecule has 29 heavy (non-hydrogen) atoms. The smallest absolute Gasteiger partial charge is 0.367 e. The van der Waals surface area contributed by atoms with Gasteiger partial charge in [-0.3, -0.25) is 9.89 Å². The van der Waals surface area contributed by atoms with E-state index in [9.17, 15) is 13.2 Å². The minimum Gasteiger partial charge on any atom is -0.367 e. The zero-order valence-electron chi connectivity index (χ0n) is 17.1. The molecule has 166 valence electrons.